The lowest BCUT2D eigenvalue weighted by atomic mass is 10.0. The zero-order valence-electron chi connectivity index (χ0n) is 17.6. The average Bonchev–Trinajstić information content (AvgIpc) is 3.05. The number of rotatable bonds is 6. The van der Waals surface area contributed by atoms with Crippen molar-refractivity contribution in [2.75, 3.05) is 46.0 Å². The second-order valence-electron chi connectivity index (χ2n) is 7.80. The zero-order chi connectivity index (χ0) is 21.7. The van der Waals surface area contributed by atoms with Crippen LogP contribution in [0, 0.1) is 0 Å². The summed E-state index contributed by atoms with van der Waals surface area (Å²) in [5.74, 6) is 0.184. The van der Waals surface area contributed by atoms with Gasteiger partial charge in [0.1, 0.15) is 5.60 Å². The van der Waals surface area contributed by atoms with E-state index in [0.717, 1.165) is 12.0 Å². The van der Waals surface area contributed by atoms with Gasteiger partial charge in [-0.3, -0.25) is 4.79 Å². The minimum absolute atomic E-state index is 0.308. The minimum Gasteiger partial charge on any atom is -0.483 e. The van der Waals surface area contributed by atoms with Gasteiger partial charge >= 0.3 is 12.1 Å². The number of esters is 1. The molecule has 164 valence electrons. The number of fused-ring (bicyclic) bond motifs is 1. The number of amides is 2. The first-order chi connectivity index (χ1) is 14.3. The fourth-order valence-corrected chi connectivity index (χ4v) is 3.47. The maximum atomic E-state index is 12.3. The highest BCUT2D eigenvalue weighted by molar-refractivity contribution is 5.81. The standard InChI is InChI=1S/C21H28N2O7/c1-4-27-20(26)23-10-8-22(9-11-23)17(24)13-29-18(25)14-28-16-7-5-6-15-12-21(2,3)30-19(15)16/h5-7H,4,8-14H2,1-3H3. The summed E-state index contributed by atoms with van der Waals surface area (Å²) in [7, 11) is 0. The SMILES string of the molecule is CCOC(=O)N1CCN(C(=O)COC(=O)COc2cccc3c2OC(C)(C)C3)CC1. The van der Waals surface area contributed by atoms with Gasteiger partial charge in [0, 0.05) is 38.2 Å². The average molecular weight is 420 g/mol. The van der Waals surface area contributed by atoms with Crippen LogP contribution in [-0.2, 0) is 25.5 Å². The van der Waals surface area contributed by atoms with Crippen molar-refractivity contribution in [1.82, 2.24) is 9.80 Å². The quantitative estimate of drug-likeness (QED) is 0.646. The van der Waals surface area contributed by atoms with Crippen LogP contribution >= 0.6 is 0 Å². The van der Waals surface area contributed by atoms with Crippen LogP contribution in [0.1, 0.15) is 26.3 Å². The van der Waals surface area contributed by atoms with Crippen molar-refractivity contribution in [1.29, 1.82) is 0 Å². The van der Waals surface area contributed by atoms with Crippen LogP contribution in [0.25, 0.3) is 0 Å². The van der Waals surface area contributed by atoms with E-state index in [1.54, 1.807) is 22.8 Å². The Labute approximate surface area is 175 Å². The molecule has 2 aliphatic rings. The summed E-state index contributed by atoms with van der Waals surface area (Å²) in [6.45, 7) is 6.87. The van der Waals surface area contributed by atoms with E-state index in [1.807, 2.05) is 26.0 Å². The number of hydrogen-bond donors (Lipinski definition) is 0. The third-order valence-corrected chi connectivity index (χ3v) is 4.92. The zero-order valence-corrected chi connectivity index (χ0v) is 17.6. The predicted molar refractivity (Wildman–Crippen MR) is 106 cm³/mol. The highest BCUT2D eigenvalue weighted by atomic mass is 16.6. The number of nitrogens with zero attached hydrogens (tertiary/aromatic N) is 2. The summed E-state index contributed by atoms with van der Waals surface area (Å²) >= 11 is 0. The maximum Gasteiger partial charge on any atom is 0.409 e. The summed E-state index contributed by atoms with van der Waals surface area (Å²) in [6.07, 6.45) is 0.384. The molecule has 0 atom stereocenters. The van der Waals surface area contributed by atoms with Gasteiger partial charge < -0.3 is 28.7 Å². The van der Waals surface area contributed by atoms with Crippen LogP contribution in [0.15, 0.2) is 18.2 Å². The monoisotopic (exact) mass is 420 g/mol. The lowest BCUT2D eigenvalue weighted by Gasteiger charge is -2.33. The molecule has 0 bridgehead atoms. The summed E-state index contributed by atoms with van der Waals surface area (Å²) in [6, 6.07) is 5.56. The molecule has 30 heavy (non-hydrogen) atoms. The van der Waals surface area contributed by atoms with Crippen molar-refractivity contribution in [3.8, 4) is 11.5 Å². The molecule has 0 radical (unpaired) electrons. The summed E-state index contributed by atoms with van der Waals surface area (Å²) in [5.41, 5.74) is 0.717. The molecule has 0 N–H and O–H groups in total. The molecule has 0 saturated carbocycles. The Kier molecular flexibility index (Phi) is 6.69. The number of para-hydroxylation sites is 1. The molecule has 3 rings (SSSR count). The van der Waals surface area contributed by atoms with Gasteiger partial charge in [0.15, 0.2) is 24.7 Å². The van der Waals surface area contributed by atoms with Crippen molar-refractivity contribution < 1.29 is 33.3 Å². The number of carbonyl (C=O) groups excluding carboxylic acids is 3. The first kappa shape index (κ1) is 21.7. The van der Waals surface area contributed by atoms with E-state index >= 15 is 0 Å². The van der Waals surface area contributed by atoms with Gasteiger partial charge in [0.25, 0.3) is 5.91 Å². The molecule has 0 aliphatic carbocycles. The van der Waals surface area contributed by atoms with E-state index in [9.17, 15) is 14.4 Å². The Morgan fingerprint density at radius 3 is 2.43 bits per heavy atom. The van der Waals surface area contributed by atoms with Gasteiger partial charge in [-0.2, -0.15) is 0 Å². The van der Waals surface area contributed by atoms with Crippen LogP contribution in [0.4, 0.5) is 4.79 Å². The van der Waals surface area contributed by atoms with E-state index in [4.69, 9.17) is 18.9 Å². The van der Waals surface area contributed by atoms with Crippen LogP contribution in [0.2, 0.25) is 0 Å². The molecule has 9 nitrogen and oxygen atoms in total. The van der Waals surface area contributed by atoms with Gasteiger partial charge in [-0.05, 0) is 26.8 Å². The second kappa shape index (κ2) is 9.23. The van der Waals surface area contributed by atoms with Crippen LogP contribution < -0.4 is 9.47 Å². The van der Waals surface area contributed by atoms with Crippen molar-refractivity contribution >= 4 is 18.0 Å². The number of ether oxygens (including phenoxy) is 4. The molecule has 2 heterocycles. The molecule has 1 aromatic carbocycles. The van der Waals surface area contributed by atoms with Gasteiger partial charge in [-0.15, -0.1) is 0 Å². The minimum atomic E-state index is -0.636. The Hall–Kier alpha value is -2.97. The molecule has 0 spiro atoms. The van der Waals surface area contributed by atoms with Crippen molar-refractivity contribution in [2.45, 2.75) is 32.8 Å². The molecule has 0 aromatic heterocycles. The van der Waals surface area contributed by atoms with E-state index in [-0.39, 0.29) is 30.8 Å². The fraction of sp³-hybridized carbons (Fsp3) is 0.571. The molecule has 2 aliphatic heterocycles. The molecule has 2 amide bonds. The smallest absolute Gasteiger partial charge is 0.409 e. The van der Waals surface area contributed by atoms with Gasteiger partial charge in [0.2, 0.25) is 0 Å². The number of carbonyl (C=O) groups is 3. The van der Waals surface area contributed by atoms with Gasteiger partial charge in [-0.25, -0.2) is 9.59 Å². The first-order valence-corrected chi connectivity index (χ1v) is 10.1. The maximum absolute atomic E-state index is 12.3. The molecule has 9 heteroatoms. The molecule has 1 fully saturated rings. The van der Waals surface area contributed by atoms with E-state index in [0.29, 0.717) is 44.3 Å². The topological polar surface area (TPSA) is 94.6 Å². The Bertz CT molecular complexity index is 801. The molecule has 1 aromatic rings. The molecule has 1 saturated heterocycles. The van der Waals surface area contributed by atoms with Crippen LogP contribution in [0.5, 0.6) is 11.5 Å². The highest BCUT2D eigenvalue weighted by Gasteiger charge is 2.32. The van der Waals surface area contributed by atoms with Gasteiger partial charge in [0.05, 0.1) is 6.61 Å². The third-order valence-electron chi connectivity index (χ3n) is 4.92. The van der Waals surface area contributed by atoms with E-state index in [1.165, 1.54) is 0 Å². The lowest BCUT2D eigenvalue weighted by Crippen LogP contribution is -2.51. The summed E-state index contributed by atoms with van der Waals surface area (Å²) in [5, 5.41) is 0. The molecule has 0 unspecified atom stereocenters. The summed E-state index contributed by atoms with van der Waals surface area (Å²) < 4.78 is 21.5. The second-order valence-corrected chi connectivity index (χ2v) is 7.80. The van der Waals surface area contributed by atoms with E-state index < -0.39 is 5.97 Å². The van der Waals surface area contributed by atoms with Crippen molar-refractivity contribution in [3.05, 3.63) is 23.8 Å². The Morgan fingerprint density at radius 1 is 1.03 bits per heavy atom. The van der Waals surface area contributed by atoms with Crippen LogP contribution in [0.3, 0.4) is 0 Å². The normalized spacial score (nSPS) is 17.0. The van der Waals surface area contributed by atoms with Crippen molar-refractivity contribution in [3.63, 3.8) is 0 Å². The Balaban J connectivity index is 1.40. The number of piperazine rings is 1. The number of benzene rings is 1. The lowest BCUT2D eigenvalue weighted by molar-refractivity contribution is -0.154. The largest absolute Gasteiger partial charge is 0.483 e. The van der Waals surface area contributed by atoms with Crippen LogP contribution in [-0.4, -0.2) is 79.4 Å². The van der Waals surface area contributed by atoms with Crippen molar-refractivity contribution in [2.24, 2.45) is 0 Å². The summed E-state index contributed by atoms with van der Waals surface area (Å²) in [4.78, 5) is 39.1. The van der Waals surface area contributed by atoms with Gasteiger partial charge in [-0.1, -0.05) is 12.1 Å². The fourth-order valence-electron chi connectivity index (χ4n) is 3.47. The first-order valence-electron chi connectivity index (χ1n) is 10.1. The predicted octanol–water partition coefficient (Wildman–Crippen LogP) is 1.62. The third kappa shape index (κ3) is 5.34. The highest BCUT2D eigenvalue weighted by Crippen LogP contribution is 2.41. The Morgan fingerprint density at radius 2 is 1.73 bits per heavy atom. The number of hydrogen-bond acceptors (Lipinski definition) is 7. The molecular weight excluding hydrogens is 392 g/mol. The van der Waals surface area contributed by atoms with E-state index in [2.05, 4.69) is 0 Å². The molecular formula is C21H28N2O7.